The van der Waals surface area contributed by atoms with Crippen LogP contribution in [0.25, 0.3) is 0 Å². The molecule has 9 heteroatoms. The topological polar surface area (TPSA) is 33.3 Å². The molecule has 2 aromatic carbocycles. The van der Waals surface area contributed by atoms with Gasteiger partial charge in [-0.2, -0.15) is 0 Å². The Morgan fingerprint density at radius 3 is 2.43 bits per heavy atom. The lowest BCUT2D eigenvalue weighted by atomic mass is 9.92. The van der Waals surface area contributed by atoms with Crippen molar-refractivity contribution in [2.75, 3.05) is 13.7 Å². The number of hydrogen-bond donors (Lipinski definition) is 2. The molecule has 2 N–H and O–H groups in total. The molecule has 2 aromatic rings. The van der Waals surface area contributed by atoms with E-state index in [0.717, 1.165) is 31.0 Å². The summed E-state index contributed by atoms with van der Waals surface area (Å²) in [7, 11) is -8.45. The Balaban J connectivity index is 1.83. The maximum Gasteiger partial charge on any atom is 0.310 e. The predicted octanol–water partition coefficient (Wildman–Crippen LogP) is 5.94. The Morgan fingerprint density at radius 2 is 1.79 bits per heavy atom. The quantitative estimate of drug-likeness (QED) is 0.566. The van der Waals surface area contributed by atoms with Gasteiger partial charge in [0.05, 0.1) is 7.11 Å². The highest BCUT2D eigenvalue weighted by Gasteiger charge is 2.65. The standard InChI is InChI=1S/C19H23F5N2OS/c1-27-18-10-9-16(28(20,21,22,23)24)12-15(18)13-26-17-8-5-11-25-19(17)14-6-3-2-4-7-14/h2-4,6-7,9-10,12,17,19,25-26H,5,8,11,13H2,1H3. The largest absolute Gasteiger partial charge is 0.496 e. The van der Waals surface area contributed by atoms with E-state index in [-0.39, 0.29) is 29.9 Å². The van der Waals surface area contributed by atoms with E-state index in [1.165, 1.54) is 7.11 Å². The third-order valence-corrected chi connectivity index (χ3v) is 6.01. The van der Waals surface area contributed by atoms with Crippen LogP contribution in [0, 0.1) is 0 Å². The predicted molar refractivity (Wildman–Crippen MR) is 101 cm³/mol. The lowest BCUT2D eigenvalue weighted by molar-refractivity contribution is 0.302. The average Bonchev–Trinajstić information content (AvgIpc) is 2.65. The van der Waals surface area contributed by atoms with E-state index >= 15 is 0 Å². The normalized spacial score (nSPS) is 22.9. The van der Waals surface area contributed by atoms with E-state index in [9.17, 15) is 19.4 Å². The number of piperidine rings is 1. The van der Waals surface area contributed by atoms with Gasteiger partial charge < -0.3 is 15.4 Å². The Kier molecular flexibility index (Phi) is 5.14. The van der Waals surface area contributed by atoms with Crippen LogP contribution in [0.3, 0.4) is 0 Å². The Hall–Kier alpha value is -1.84. The van der Waals surface area contributed by atoms with E-state index in [4.69, 9.17) is 4.74 Å². The van der Waals surface area contributed by atoms with Crippen molar-refractivity contribution in [3.63, 3.8) is 0 Å². The summed E-state index contributed by atoms with van der Waals surface area (Å²) in [6.07, 6.45) is 1.72. The lowest BCUT2D eigenvalue weighted by Crippen LogP contribution is -2.45. The van der Waals surface area contributed by atoms with Crippen molar-refractivity contribution in [2.45, 2.75) is 36.4 Å². The second-order valence-corrected chi connectivity index (χ2v) is 9.32. The molecular weight excluding hydrogens is 399 g/mol. The van der Waals surface area contributed by atoms with Crippen LogP contribution >= 0.6 is 10.2 Å². The van der Waals surface area contributed by atoms with Crippen molar-refractivity contribution in [3.8, 4) is 5.75 Å². The molecule has 0 radical (unpaired) electrons. The molecule has 0 aromatic heterocycles. The Labute approximate surface area is 161 Å². The molecule has 3 nitrogen and oxygen atoms in total. The third-order valence-electron chi connectivity index (χ3n) is 4.87. The molecule has 156 valence electrons. The van der Waals surface area contributed by atoms with Crippen molar-refractivity contribution in [2.24, 2.45) is 0 Å². The van der Waals surface area contributed by atoms with Crippen molar-refractivity contribution in [1.29, 1.82) is 0 Å². The lowest BCUT2D eigenvalue weighted by Gasteiger charge is -2.41. The molecule has 3 rings (SSSR count). The molecule has 1 aliphatic heterocycles. The number of methoxy groups -OCH3 is 1. The van der Waals surface area contributed by atoms with Gasteiger partial charge in [0.25, 0.3) is 0 Å². The van der Waals surface area contributed by atoms with Crippen LogP contribution in [-0.4, -0.2) is 19.7 Å². The maximum atomic E-state index is 13.2. The summed E-state index contributed by atoms with van der Waals surface area (Å²) in [6.45, 7) is 0.821. The number of ether oxygens (including phenoxy) is 1. The van der Waals surface area contributed by atoms with Crippen molar-refractivity contribution >= 4 is 10.2 Å². The van der Waals surface area contributed by atoms with Crippen LogP contribution in [0.5, 0.6) is 5.75 Å². The van der Waals surface area contributed by atoms with Crippen LogP contribution in [0.4, 0.5) is 19.4 Å². The van der Waals surface area contributed by atoms with E-state index in [0.29, 0.717) is 12.1 Å². The summed E-state index contributed by atoms with van der Waals surface area (Å²) in [5.41, 5.74) is 1.11. The van der Waals surface area contributed by atoms with Gasteiger partial charge in [0, 0.05) is 24.2 Å². The zero-order chi connectivity index (χ0) is 20.5. The number of hydrogen-bond acceptors (Lipinski definition) is 3. The summed E-state index contributed by atoms with van der Waals surface area (Å²) in [4.78, 5) is -1.90. The van der Waals surface area contributed by atoms with Gasteiger partial charge in [-0.05, 0) is 43.1 Å². The summed E-state index contributed by atoms with van der Waals surface area (Å²) in [5.74, 6) is 0.137. The molecule has 1 heterocycles. The van der Waals surface area contributed by atoms with Crippen LogP contribution in [-0.2, 0) is 6.54 Å². The van der Waals surface area contributed by atoms with Crippen molar-refractivity contribution in [1.82, 2.24) is 10.6 Å². The fourth-order valence-corrected chi connectivity index (χ4v) is 4.18. The first kappa shape index (κ1) is 20.9. The molecule has 0 aliphatic carbocycles. The number of halogens is 5. The van der Waals surface area contributed by atoms with Crippen LogP contribution in [0.15, 0.2) is 53.4 Å². The second-order valence-electron chi connectivity index (χ2n) is 6.91. The highest BCUT2D eigenvalue weighted by molar-refractivity contribution is 8.45. The first-order valence-corrected chi connectivity index (χ1v) is 10.9. The molecule has 0 spiro atoms. The number of rotatable bonds is 6. The number of nitrogens with one attached hydrogen (secondary N) is 2. The monoisotopic (exact) mass is 422 g/mol. The van der Waals surface area contributed by atoms with Crippen LogP contribution in [0.1, 0.15) is 30.0 Å². The molecule has 28 heavy (non-hydrogen) atoms. The zero-order valence-corrected chi connectivity index (χ0v) is 16.1. The summed E-state index contributed by atoms with van der Waals surface area (Å²) >= 11 is 0. The first-order valence-electron chi connectivity index (χ1n) is 8.90. The molecule has 1 fully saturated rings. The maximum absolute atomic E-state index is 13.2. The van der Waals surface area contributed by atoms with E-state index in [1.54, 1.807) is 0 Å². The molecule has 1 aliphatic rings. The van der Waals surface area contributed by atoms with Gasteiger partial charge in [0.15, 0.2) is 0 Å². The Bertz CT molecular complexity index is 830. The van der Waals surface area contributed by atoms with Crippen LogP contribution < -0.4 is 15.4 Å². The van der Waals surface area contributed by atoms with Gasteiger partial charge in [-0.25, -0.2) is 0 Å². The van der Waals surface area contributed by atoms with Gasteiger partial charge in [-0.15, -0.1) is 0 Å². The first-order chi connectivity index (χ1) is 13.0. The molecule has 0 amide bonds. The summed E-state index contributed by atoms with van der Waals surface area (Å²) in [6, 6.07) is 11.4. The van der Waals surface area contributed by atoms with Gasteiger partial charge in [-0.1, -0.05) is 49.8 Å². The fourth-order valence-electron chi connectivity index (χ4n) is 3.49. The van der Waals surface area contributed by atoms with Gasteiger partial charge in [0.2, 0.25) is 0 Å². The minimum absolute atomic E-state index is 0.0134. The second kappa shape index (κ2) is 6.89. The zero-order valence-electron chi connectivity index (χ0n) is 15.3. The summed E-state index contributed by atoms with van der Waals surface area (Å²) < 4.78 is 70.9. The molecule has 0 bridgehead atoms. The summed E-state index contributed by atoms with van der Waals surface area (Å²) in [5, 5.41) is 6.63. The smallest absolute Gasteiger partial charge is 0.310 e. The molecule has 2 unspecified atom stereocenters. The van der Waals surface area contributed by atoms with Gasteiger partial charge in [-0.3, -0.25) is 0 Å². The van der Waals surface area contributed by atoms with Crippen molar-refractivity contribution < 1.29 is 24.2 Å². The SMILES string of the molecule is COc1ccc(S(F)(F)(F)(F)F)cc1CNC1CCCNC1c1ccccc1. The highest BCUT2D eigenvalue weighted by Crippen LogP contribution is 3.02. The van der Waals surface area contributed by atoms with E-state index in [2.05, 4.69) is 10.6 Å². The Morgan fingerprint density at radius 1 is 1.07 bits per heavy atom. The third kappa shape index (κ3) is 4.95. The molecule has 2 atom stereocenters. The van der Waals surface area contributed by atoms with E-state index in [1.807, 2.05) is 30.3 Å². The molecule has 1 saturated heterocycles. The fraction of sp³-hybridized carbons (Fsp3) is 0.368. The molecule has 0 saturated carbocycles. The van der Waals surface area contributed by atoms with Crippen molar-refractivity contribution in [3.05, 3.63) is 59.7 Å². The minimum atomic E-state index is -9.75. The minimum Gasteiger partial charge on any atom is -0.496 e. The number of benzene rings is 2. The highest BCUT2D eigenvalue weighted by atomic mass is 32.5. The van der Waals surface area contributed by atoms with E-state index < -0.39 is 15.1 Å². The van der Waals surface area contributed by atoms with Gasteiger partial charge >= 0.3 is 10.2 Å². The van der Waals surface area contributed by atoms with Gasteiger partial charge in [0.1, 0.15) is 10.6 Å². The average molecular weight is 422 g/mol. The van der Waals surface area contributed by atoms with Crippen LogP contribution in [0.2, 0.25) is 0 Å². The molecular formula is C19H23F5N2OS.